The highest BCUT2D eigenvalue weighted by molar-refractivity contribution is 6.30. The lowest BCUT2D eigenvalue weighted by Gasteiger charge is -2.11. The van der Waals surface area contributed by atoms with Crippen molar-refractivity contribution in [2.24, 2.45) is 5.73 Å². The molecule has 0 amide bonds. The molecule has 0 radical (unpaired) electrons. The summed E-state index contributed by atoms with van der Waals surface area (Å²) >= 11 is 5.42. The topological polar surface area (TPSA) is 63.3 Å². The Bertz CT molecular complexity index is 398. The van der Waals surface area contributed by atoms with Gasteiger partial charge in [0.05, 0.1) is 10.9 Å². The van der Waals surface area contributed by atoms with Crippen LogP contribution in [-0.2, 0) is 4.79 Å². The molecule has 0 spiro atoms. The molecule has 0 bridgehead atoms. The third kappa shape index (κ3) is 2.43. The van der Waals surface area contributed by atoms with Crippen LogP contribution in [0.1, 0.15) is 11.5 Å². The van der Waals surface area contributed by atoms with E-state index in [4.69, 9.17) is 22.4 Å². The predicted molar refractivity (Wildman–Crippen MR) is 50.8 cm³/mol. The Labute approximate surface area is 89.5 Å². The summed E-state index contributed by atoms with van der Waals surface area (Å²) in [5.74, 6) is -4.39. The van der Waals surface area contributed by atoms with Crippen molar-refractivity contribution in [3.63, 3.8) is 0 Å². The van der Waals surface area contributed by atoms with Crippen molar-refractivity contribution in [2.75, 3.05) is 6.54 Å². The Balaban J connectivity index is 3.24. The fraction of sp³-hybridized carbons (Fsp3) is 0.222. The first kappa shape index (κ1) is 11.9. The number of hydrogen-bond donors (Lipinski definition) is 2. The second-order valence-corrected chi connectivity index (χ2v) is 3.32. The molecule has 1 rings (SSSR count). The minimum absolute atomic E-state index is 0.212. The average Bonchev–Trinajstić information content (AvgIpc) is 2.14. The summed E-state index contributed by atoms with van der Waals surface area (Å²) in [6.45, 7) is -0.284. The zero-order chi connectivity index (χ0) is 11.6. The summed E-state index contributed by atoms with van der Waals surface area (Å²) in [6, 6.07) is 1.49. The Kier molecular flexibility index (Phi) is 3.60. The van der Waals surface area contributed by atoms with Gasteiger partial charge >= 0.3 is 5.97 Å². The second-order valence-electron chi connectivity index (χ2n) is 2.91. The van der Waals surface area contributed by atoms with Crippen molar-refractivity contribution >= 4 is 17.6 Å². The van der Waals surface area contributed by atoms with E-state index in [9.17, 15) is 13.6 Å². The van der Waals surface area contributed by atoms with E-state index < -0.39 is 23.5 Å². The van der Waals surface area contributed by atoms with Crippen LogP contribution in [0.4, 0.5) is 8.78 Å². The zero-order valence-electron chi connectivity index (χ0n) is 7.51. The highest BCUT2D eigenvalue weighted by Crippen LogP contribution is 2.25. The first-order valence-corrected chi connectivity index (χ1v) is 4.42. The molecular formula is C9H8ClF2NO2. The fourth-order valence-electron chi connectivity index (χ4n) is 1.17. The van der Waals surface area contributed by atoms with Gasteiger partial charge in [0.15, 0.2) is 0 Å². The molecule has 1 aromatic carbocycles. The predicted octanol–water partition coefficient (Wildman–Crippen LogP) is 1.75. The molecule has 1 unspecified atom stereocenters. The maximum absolute atomic E-state index is 13.2. The van der Waals surface area contributed by atoms with Crippen LogP contribution in [0.15, 0.2) is 12.1 Å². The van der Waals surface area contributed by atoms with Crippen LogP contribution in [0, 0.1) is 11.6 Å². The lowest BCUT2D eigenvalue weighted by Crippen LogP contribution is -2.22. The Morgan fingerprint density at radius 2 is 2.07 bits per heavy atom. The maximum atomic E-state index is 13.2. The summed E-state index contributed by atoms with van der Waals surface area (Å²) in [4.78, 5) is 10.7. The van der Waals surface area contributed by atoms with E-state index in [0.29, 0.717) is 6.07 Å². The number of benzene rings is 1. The van der Waals surface area contributed by atoms with Crippen LogP contribution < -0.4 is 5.73 Å². The standard InChI is InChI=1S/C9H8ClF2NO2/c10-6-1-4(5(3-13)9(14)15)7(11)2-8(6)12/h1-2,5H,3,13H2,(H,14,15). The van der Waals surface area contributed by atoms with Gasteiger partial charge in [-0.3, -0.25) is 4.79 Å². The van der Waals surface area contributed by atoms with E-state index >= 15 is 0 Å². The van der Waals surface area contributed by atoms with Crippen molar-refractivity contribution in [1.29, 1.82) is 0 Å². The molecule has 82 valence electrons. The maximum Gasteiger partial charge on any atom is 0.312 e. The van der Waals surface area contributed by atoms with E-state index in [1.54, 1.807) is 0 Å². The van der Waals surface area contributed by atoms with E-state index in [-0.39, 0.29) is 17.1 Å². The Morgan fingerprint density at radius 3 is 2.53 bits per heavy atom. The molecule has 3 nitrogen and oxygen atoms in total. The average molecular weight is 236 g/mol. The van der Waals surface area contributed by atoms with Crippen molar-refractivity contribution in [3.05, 3.63) is 34.4 Å². The number of rotatable bonds is 3. The van der Waals surface area contributed by atoms with Crippen LogP contribution in [0.25, 0.3) is 0 Å². The number of hydrogen-bond acceptors (Lipinski definition) is 2. The van der Waals surface area contributed by atoms with Gasteiger partial charge in [0.1, 0.15) is 11.6 Å². The molecule has 0 aromatic heterocycles. The van der Waals surface area contributed by atoms with Gasteiger partial charge < -0.3 is 10.8 Å². The quantitative estimate of drug-likeness (QED) is 0.785. The lowest BCUT2D eigenvalue weighted by atomic mass is 9.99. The number of nitrogens with two attached hydrogens (primary N) is 1. The van der Waals surface area contributed by atoms with E-state index in [2.05, 4.69) is 0 Å². The molecule has 1 atom stereocenters. The van der Waals surface area contributed by atoms with Crippen LogP contribution in [0.5, 0.6) is 0 Å². The molecule has 0 fully saturated rings. The summed E-state index contributed by atoms with van der Waals surface area (Å²) in [5, 5.41) is 8.40. The van der Waals surface area contributed by atoms with E-state index in [1.807, 2.05) is 0 Å². The molecule has 1 aromatic rings. The van der Waals surface area contributed by atoms with Gasteiger partial charge in [0, 0.05) is 18.2 Å². The van der Waals surface area contributed by atoms with Crippen molar-refractivity contribution in [1.82, 2.24) is 0 Å². The highest BCUT2D eigenvalue weighted by atomic mass is 35.5. The third-order valence-electron chi connectivity index (χ3n) is 1.95. The lowest BCUT2D eigenvalue weighted by molar-refractivity contribution is -0.138. The first-order chi connectivity index (χ1) is 6.97. The largest absolute Gasteiger partial charge is 0.481 e. The third-order valence-corrected chi connectivity index (χ3v) is 2.24. The molecule has 0 aliphatic carbocycles. The molecule has 0 aliphatic rings. The normalized spacial score (nSPS) is 12.5. The van der Waals surface area contributed by atoms with Crippen molar-refractivity contribution < 1.29 is 18.7 Å². The molecular weight excluding hydrogens is 228 g/mol. The van der Waals surface area contributed by atoms with Gasteiger partial charge in [-0.15, -0.1) is 0 Å². The number of aliphatic carboxylic acids is 1. The van der Waals surface area contributed by atoms with Gasteiger partial charge in [-0.2, -0.15) is 0 Å². The number of carboxylic acid groups (broad SMARTS) is 1. The number of carbonyl (C=O) groups is 1. The fourth-order valence-corrected chi connectivity index (χ4v) is 1.34. The first-order valence-electron chi connectivity index (χ1n) is 4.04. The smallest absolute Gasteiger partial charge is 0.312 e. The Morgan fingerprint density at radius 1 is 1.47 bits per heavy atom. The molecule has 15 heavy (non-hydrogen) atoms. The van der Waals surface area contributed by atoms with Gasteiger partial charge in [0.2, 0.25) is 0 Å². The second kappa shape index (κ2) is 4.55. The summed E-state index contributed by atoms with van der Waals surface area (Å²) in [5.41, 5.74) is 4.97. The van der Waals surface area contributed by atoms with Crippen molar-refractivity contribution in [3.8, 4) is 0 Å². The minimum Gasteiger partial charge on any atom is -0.481 e. The van der Waals surface area contributed by atoms with Crippen LogP contribution in [0.2, 0.25) is 5.02 Å². The molecule has 0 heterocycles. The van der Waals surface area contributed by atoms with Crippen LogP contribution in [-0.4, -0.2) is 17.6 Å². The molecule has 3 N–H and O–H groups in total. The Hall–Kier alpha value is -1.20. The summed E-state index contributed by atoms with van der Waals surface area (Å²) in [6.07, 6.45) is 0. The molecule has 0 aliphatic heterocycles. The van der Waals surface area contributed by atoms with Crippen LogP contribution >= 0.6 is 11.6 Å². The molecule has 6 heteroatoms. The van der Waals surface area contributed by atoms with E-state index in [0.717, 1.165) is 6.07 Å². The van der Waals surface area contributed by atoms with E-state index in [1.165, 1.54) is 0 Å². The number of carboxylic acids is 1. The SMILES string of the molecule is NCC(C(=O)O)c1cc(Cl)c(F)cc1F. The van der Waals surface area contributed by atoms with Gasteiger partial charge in [0.25, 0.3) is 0 Å². The minimum atomic E-state index is -1.28. The summed E-state index contributed by atoms with van der Waals surface area (Å²) in [7, 11) is 0. The molecule has 0 saturated carbocycles. The van der Waals surface area contributed by atoms with Gasteiger partial charge in [-0.1, -0.05) is 11.6 Å². The van der Waals surface area contributed by atoms with Crippen molar-refractivity contribution in [2.45, 2.75) is 5.92 Å². The zero-order valence-corrected chi connectivity index (χ0v) is 8.26. The highest BCUT2D eigenvalue weighted by Gasteiger charge is 2.23. The molecule has 0 saturated heterocycles. The van der Waals surface area contributed by atoms with Crippen LogP contribution in [0.3, 0.4) is 0 Å². The number of halogens is 3. The summed E-state index contributed by atoms with van der Waals surface area (Å²) < 4.78 is 26.0. The van der Waals surface area contributed by atoms with Gasteiger partial charge in [-0.25, -0.2) is 8.78 Å². The monoisotopic (exact) mass is 235 g/mol. The van der Waals surface area contributed by atoms with Gasteiger partial charge in [-0.05, 0) is 6.07 Å².